The summed E-state index contributed by atoms with van der Waals surface area (Å²) >= 11 is 6.18. The Hall–Kier alpha value is -1.35. The lowest BCUT2D eigenvalue weighted by Crippen LogP contribution is -2.28. The van der Waals surface area contributed by atoms with Crippen LogP contribution >= 0.6 is 11.6 Å². The molecule has 3 heteroatoms. The summed E-state index contributed by atoms with van der Waals surface area (Å²) in [4.78, 5) is 0. The second kappa shape index (κ2) is 6.20. The van der Waals surface area contributed by atoms with Crippen LogP contribution < -0.4 is 11.3 Å². The molecule has 0 fully saturated rings. The van der Waals surface area contributed by atoms with E-state index in [2.05, 4.69) is 42.7 Å². The first kappa shape index (κ1) is 14.1. The molecule has 0 bridgehead atoms. The van der Waals surface area contributed by atoms with Gasteiger partial charge in [0.05, 0.1) is 6.04 Å². The quantitative estimate of drug-likeness (QED) is 0.658. The maximum Gasteiger partial charge on any atom is 0.0710 e. The van der Waals surface area contributed by atoms with Gasteiger partial charge in [0.25, 0.3) is 0 Å². The van der Waals surface area contributed by atoms with Crippen molar-refractivity contribution in [1.82, 2.24) is 5.43 Å². The molecule has 0 aliphatic carbocycles. The number of hydrogen-bond acceptors (Lipinski definition) is 2. The maximum atomic E-state index is 6.18. The molecule has 100 valence electrons. The lowest BCUT2D eigenvalue weighted by Gasteiger charge is -2.18. The molecule has 0 aromatic heterocycles. The summed E-state index contributed by atoms with van der Waals surface area (Å²) in [6.45, 7) is 4.14. The lowest BCUT2D eigenvalue weighted by atomic mass is 9.97. The van der Waals surface area contributed by atoms with Gasteiger partial charge in [-0.2, -0.15) is 0 Å². The number of aryl methyl sites for hydroxylation is 2. The average Bonchev–Trinajstić information content (AvgIpc) is 2.44. The molecule has 2 aromatic carbocycles. The Morgan fingerprint density at radius 1 is 1.11 bits per heavy atom. The van der Waals surface area contributed by atoms with Crippen molar-refractivity contribution in [3.63, 3.8) is 0 Å². The van der Waals surface area contributed by atoms with Gasteiger partial charge >= 0.3 is 0 Å². The molecule has 0 saturated carbocycles. The molecule has 0 radical (unpaired) electrons. The lowest BCUT2D eigenvalue weighted by molar-refractivity contribution is 0.636. The minimum Gasteiger partial charge on any atom is -0.271 e. The van der Waals surface area contributed by atoms with Crippen LogP contribution in [0.15, 0.2) is 42.5 Å². The van der Waals surface area contributed by atoms with Gasteiger partial charge < -0.3 is 0 Å². The van der Waals surface area contributed by atoms with Gasteiger partial charge in [0.15, 0.2) is 0 Å². The van der Waals surface area contributed by atoms with Gasteiger partial charge in [0, 0.05) is 5.02 Å². The molecule has 2 rings (SSSR count). The van der Waals surface area contributed by atoms with Gasteiger partial charge in [0.2, 0.25) is 0 Å². The molecule has 0 heterocycles. The van der Waals surface area contributed by atoms with Crippen LogP contribution in [0.3, 0.4) is 0 Å². The zero-order valence-electron chi connectivity index (χ0n) is 11.3. The van der Waals surface area contributed by atoms with E-state index in [9.17, 15) is 0 Å². The van der Waals surface area contributed by atoms with E-state index < -0.39 is 0 Å². The van der Waals surface area contributed by atoms with E-state index in [1.807, 2.05) is 19.1 Å². The fourth-order valence-electron chi connectivity index (χ4n) is 2.12. The van der Waals surface area contributed by atoms with Gasteiger partial charge in [0.1, 0.15) is 0 Å². The number of benzene rings is 2. The van der Waals surface area contributed by atoms with Crippen molar-refractivity contribution in [3.8, 4) is 0 Å². The smallest absolute Gasteiger partial charge is 0.0710 e. The van der Waals surface area contributed by atoms with Crippen molar-refractivity contribution in [2.45, 2.75) is 26.3 Å². The second-order valence-electron chi connectivity index (χ2n) is 4.70. The van der Waals surface area contributed by atoms with Crippen molar-refractivity contribution in [2.24, 2.45) is 5.84 Å². The van der Waals surface area contributed by atoms with Gasteiger partial charge in [-0.15, -0.1) is 0 Å². The standard InChI is InChI=1S/C16H19ClN2/c1-3-12-5-8-13(9-6-12)16(19-18)14-7-4-11(2)15(17)10-14/h4-10,16,19H,3,18H2,1-2H3. The molecule has 3 N–H and O–H groups in total. The van der Waals surface area contributed by atoms with E-state index in [0.29, 0.717) is 0 Å². The maximum absolute atomic E-state index is 6.18. The van der Waals surface area contributed by atoms with Crippen molar-refractivity contribution >= 4 is 11.6 Å². The van der Waals surface area contributed by atoms with E-state index in [0.717, 1.165) is 28.1 Å². The molecule has 1 unspecified atom stereocenters. The molecule has 1 atom stereocenters. The summed E-state index contributed by atoms with van der Waals surface area (Å²) in [5, 5.41) is 0.767. The highest BCUT2D eigenvalue weighted by molar-refractivity contribution is 6.31. The van der Waals surface area contributed by atoms with Crippen LogP contribution in [0.5, 0.6) is 0 Å². The third-order valence-electron chi connectivity index (χ3n) is 3.42. The number of halogens is 1. The summed E-state index contributed by atoms with van der Waals surface area (Å²) in [6.07, 6.45) is 1.04. The van der Waals surface area contributed by atoms with E-state index >= 15 is 0 Å². The Morgan fingerprint density at radius 3 is 2.26 bits per heavy atom. The molecule has 0 aliphatic heterocycles. The predicted molar refractivity (Wildman–Crippen MR) is 81.2 cm³/mol. The predicted octanol–water partition coefficient (Wildman–Crippen LogP) is 3.76. The zero-order valence-corrected chi connectivity index (χ0v) is 12.0. The van der Waals surface area contributed by atoms with E-state index in [4.69, 9.17) is 17.4 Å². The monoisotopic (exact) mass is 274 g/mol. The fourth-order valence-corrected chi connectivity index (χ4v) is 2.31. The molecular formula is C16H19ClN2. The van der Waals surface area contributed by atoms with Crippen molar-refractivity contribution in [3.05, 3.63) is 69.7 Å². The van der Waals surface area contributed by atoms with E-state index in [1.165, 1.54) is 5.56 Å². The van der Waals surface area contributed by atoms with Crippen LogP contribution in [0, 0.1) is 6.92 Å². The summed E-state index contributed by atoms with van der Waals surface area (Å²) in [5.41, 5.74) is 7.46. The SMILES string of the molecule is CCc1ccc(C(NN)c2ccc(C)c(Cl)c2)cc1. The fraction of sp³-hybridized carbons (Fsp3) is 0.250. The molecule has 0 aliphatic rings. The summed E-state index contributed by atoms with van der Waals surface area (Å²) in [6, 6.07) is 14.5. The van der Waals surface area contributed by atoms with Crippen LogP contribution in [0.1, 0.15) is 35.2 Å². The number of rotatable bonds is 4. The summed E-state index contributed by atoms with van der Waals surface area (Å²) in [7, 11) is 0. The first-order valence-electron chi connectivity index (χ1n) is 6.46. The Morgan fingerprint density at radius 2 is 1.74 bits per heavy atom. The molecule has 2 nitrogen and oxygen atoms in total. The minimum atomic E-state index is -0.0380. The van der Waals surface area contributed by atoms with Crippen LogP contribution in [0.25, 0.3) is 0 Å². The molecule has 19 heavy (non-hydrogen) atoms. The first-order chi connectivity index (χ1) is 9.15. The van der Waals surface area contributed by atoms with Crippen molar-refractivity contribution in [1.29, 1.82) is 0 Å². The van der Waals surface area contributed by atoms with Gasteiger partial charge in [-0.1, -0.05) is 54.9 Å². The number of nitrogens with two attached hydrogens (primary N) is 1. The van der Waals surface area contributed by atoms with E-state index in [1.54, 1.807) is 0 Å². The van der Waals surface area contributed by atoms with Crippen LogP contribution in [0.2, 0.25) is 5.02 Å². The third-order valence-corrected chi connectivity index (χ3v) is 3.82. The molecule has 2 aromatic rings. The minimum absolute atomic E-state index is 0.0380. The number of hydrogen-bond donors (Lipinski definition) is 2. The molecule has 0 spiro atoms. The highest BCUT2D eigenvalue weighted by atomic mass is 35.5. The highest BCUT2D eigenvalue weighted by Crippen LogP contribution is 2.26. The van der Waals surface area contributed by atoms with Gasteiger partial charge in [-0.05, 0) is 41.7 Å². The van der Waals surface area contributed by atoms with Gasteiger partial charge in [-0.25, -0.2) is 5.43 Å². The van der Waals surface area contributed by atoms with Crippen molar-refractivity contribution in [2.75, 3.05) is 0 Å². The normalized spacial score (nSPS) is 12.4. The number of nitrogens with one attached hydrogen (secondary N) is 1. The average molecular weight is 275 g/mol. The van der Waals surface area contributed by atoms with E-state index in [-0.39, 0.29) is 6.04 Å². The van der Waals surface area contributed by atoms with Gasteiger partial charge in [-0.3, -0.25) is 5.84 Å². The zero-order chi connectivity index (χ0) is 13.8. The second-order valence-corrected chi connectivity index (χ2v) is 5.11. The summed E-state index contributed by atoms with van der Waals surface area (Å²) in [5.74, 6) is 5.70. The topological polar surface area (TPSA) is 38.0 Å². The third kappa shape index (κ3) is 3.16. The highest BCUT2D eigenvalue weighted by Gasteiger charge is 2.13. The Labute approximate surface area is 119 Å². The van der Waals surface area contributed by atoms with Crippen LogP contribution in [-0.4, -0.2) is 0 Å². The first-order valence-corrected chi connectivity index (χ1v) is 6.84. The van der Waals surface area contributed by atoms with Crippen molar-refractivity contribution < 1.29 is 0 Å². The molecular weight excluding hydrogens is 256 g/mol. The Bertz CT molecular complexity index is 549. The Balaban J connectivity index is 2.34. The molecule has 0 saturated heterocycles. The summed E-state index contributed by atoms with van der Waals surface area (Å²) < 4.78 is 0. The Kier molecular flexibility index (Phi) is 4.59. The molecule has 0 amide bonds. The largest absolute Gasteiger partial charge is 0.271 e. The number of hydrazine groups is 1. The van der Waals surface area contributed by atoms with Crippen LogP contribution in [-0.2, 0) is 6.42 Å². The van der Waals surface area contributed by atoms with Crippen LogP contribution in [0.4, 0.5) is 0 Å².